The molecule has 1 aromatic carbocycles. The van der Waals surface area contributed by atoms with Crippen LogP contribution >= 0.6 is 0 Å². The Balaban J connectivity index is 2.64. The quantitative estimate of drug-likeness (QED) is 0.355. The lowest BCUT2D eigenvalue weighted by Gasteiger charge is -2.01. The zero-order chi connectivity index (χ0) is 13.4. The average molecular weight is 245 g/mol. The highest BCUT2D eigenvalue weighted by Crippen LogP contribution is 2.03. The highest BCUT2D eigenvalue weighted by Gasteiger charge is 2.21. The number of rotatable bonds is 6. The molecule has 4 nitrogen and oxygen atoms in total. The highest BCUT2D eigenvalue weighted by molar-refractivity contribution is 6.42. The Morgan fingerprint density at radius 3 is 2.50 bits per heavy atom. The predicted octanol–water partition coefficient (Wildman–Crippen LogP) is 2.32. The minimum absolute atomic E-state index is 0.0616. The van der Waals surface area contributed by atoms with Crippen molar-refractivity contribution in [2.75, 3.05) is 6.54 Å². The second-order valence-electron chi connectivity index (χ2n) is 4.28. The summed E-state index contributed by atoms with van der Waals surface area (Å²) >= 11 is 0. The molecule has 1 amide bonds. The summed E-state index contributed by atoms with van der Waals surface area (Å²) in [4.78, 5) is 14.9. The molecule has 0 atom stereocenters. The fourth-order valence-corrected chi connectivity index (χ4v) is 1.61. The van der Waals surface area contributed by atoms with Crippen molar-refractivity contribution in [2.24, 2.45) is 0 Å². The predicted molar refractivity (Wildman–Crippen MR) is 71.4 cm³/mol. The third-order valence-electron chi connectivity index (χ3n) is 2.71. The number of nitrogens with zero attached hydrogens (tertiary/aromatic N) is 2. The largest absolute Gasteiger partial charge is 0.386 e. The van der Waals surface area contributed by atoms with Crippen LogP contribution in [0.25, 0.3) is 5.53 Å². The Hall–Kier alpha value is -1.93. The van der Waals surface area contributed by atoms with E-state index in [4.69, 9.17) is 5.53 Å². The number of hydrogen-bond acceptors (Lipinski definition) is 1. The van der Waals surface area contributed by atoms with Crippen LogP contribution in [0.15, 0.2) is 24.3 Å². The standard InChI is InChI=1S/C14H19N3O/c1-3-4-5-10-16-14(18)13(17-15)12-8-6-11(2)7-9-12/h6-9H,3-5,10H2,1-2H3,(H,16,18). The van der Waals surface area contributed by atoms with Crippen LogP contribution in [0, 0.1) is 6.92 Å². The first-order valence-electron chi connectivity index (χ1n) is 6.26. The maximum Gasteiger partial charge on any atom is 0.386 e. The first kappa shape index (κ1) is 14.1. The van der Waals surface area contributed by atoms with Crippen molar-refractivity contribution in [3.05, 3.63) is 40.9 Å². The summed E-state index contributed by atoms with van der Waals surface area (Å²) in [6.07, 6.45) is 3.13. The maximum absolute atomic E-state index is 11.8. The maximum atomic E-state index is 11.8. The molecule has 0 saturated carbocycles. The fourth-order valence-electron chi connectivity index (χ4n) is 1.61. The molecule has 0 saturated heterocycles. The molecule has 96 valence electrons. The van der Waals surface area contributed by atoms with Gasteiger partial charge in [0.15, 0.2) is 0 Å². The summed E-state index contributed by atoms with van der Waals surface area (Å²) in [5.41, 5.74) is 10.7. The summed E-state index contributed by atoms with van der Waals surface area (Å²) in [5, 5.41) is 2.75. The second kappa shape index (κ2) is 7.41. The van der Waals surface area contributed by atoms with Crippen molar-refractivity contribution in [1.82, 2.24) is 5.32 Å². The van der Waals surface area contributed by atoms with Gasteiger partial charge >= 0.3 is 11.6 Å². The normalized spacial score (nSPS) is 9.67. The zero-order valence-electron chi connectivity index (χ0n) is 10.9. The number of benzene rings is 1. The van der Waals surface area contributed by atoms with Gasteiger partial charge in [0.05, 0.1) is 5.56 Å². The summed E-state index contributed by atoms with van der Waals surface area (Å²) in [5.74, 6) is -0.336. The molecule has 1 N–H and O–H groups in total. The van der Waals surface area contributed by atoms with E-state index in [0.29, 0.717) is 12.1 Å². The molecule has 0 radical (unpaired) electrons. The van der Waals surface area contributed by atoms with Crippen LogP contribution in [0.2, 0.25) is 0 Å². The van der Waals surface area contributed by atoms with Gasteiger partial charge in [0.1, 0.15) is 0 Å². The number of unbranched alkanes of at least 4 members (excludes halogenated alkanes) is 2. The fraction of sp³-hybridized carbons (Fsp3) is 0.429. The van der Waals surface area contributed by atoms with E-state index in [0.717, 1.165) is 24.8 Å². The van der Waals surface area contributed by atoms with Crippen LogP contribution in [0.3, 0.4) is 0 Å². The molecule has 0 aliphatic rings. The molecule has 0 heterocycles. The molecule has 18 heavy (non-hydrogen) atoms. The molecule has 4 heteroatoms. The van der Waals surface area contributed by atoms with Crippen LogP contribution in [0.1, 0.15) is 37.3 Å². The third-order valence-corrected chi connectivity index (χ3v) is 2.71. The van der Waals surface area contributed by atoms with Gasteiger partial charge in [0, 0.05) is 6.54 Å². The summed E-state index contributed by atoms with van der Waals surface area (Å²) in [6.45, 7) is 4.68. The molecule has 0 unspecified atom stereocenters. The molecular formula is C14H19N3O. The average Bonchev–Trinajstić information content (AvgIpc) is 2.38. The molecule has 0 fully saturated rings. The van der Waals surface area contributed by atoms with E-state index in [-0.39, 0.29) is 11.6 Å². The van der Waals surface area contributed by atoms with E-state index in [2.05, 4.69) is 17.0 Å². The first-order chi connectivity index (χ1) is 8.69. The Bertz CT molecular complexity index is 445. The van der Waals surface area contributed by atoms with Gasteiger partial charge in [-0.25, -0.2) is 0 Å². The van der Waals surface area contributed by atoms with Crippen LogP contribution in [-0.4, -0.2) is 23.0 Å². The lowest BCUT2D eigenvalue weighted by atomic mass is 10.1. The van der Waals surface area contributed by atoms with Gasteiger partial charge in [-0.1, -0.05) is 37.5 Å². The highest BCUT2D eigenvalue weighted by atomic mass is 16.1. The lowest BCUT2D eigenvalue weighted by molar-refractivity contribution is -0.118. The third kappa shape index (κ3) is 4.15. The van der Waals surface area contributed by atoms with Crippen LogP contribution in [0.5, 0.6) is 0 Å². The van der Waals surface area contributed by atoms with Crippen LogP contribution in [0.4, 0.5) is 0 Å². The zero-order valence-corrected chi connectivity index (χ0v) is 10.9. The second-order valence-corrected chi connectivity index (χ2v) is 4.28. The molecule has 1 aromatic rings. The number of carbonyl (C=O) groups excluding carboxylic acids is 1. The number of hydrogen-bond donors (Lipinski definition) is 1. The Morgan fingerprint density at radius 2 is 1.94 bits per heavy atom. The monoisotopic (exact) mass is 245 g/mol. The van der Waals surface area contributed by atoms with Gasteiger partial charge in [0.25, 0.3) is 0 Å². The van der Waals surface area contributed by atoms with E-state index in [9.17, 15) is 4.79 Å². The molecular weight excluding hydrogens is 226 g/mol. The van der Waals surface area contributed by atoms with Crippen molar-refractivity contribution in [3.63, 3.8) is 0 Å². The molecule has 0 aromatic heterocycles. The van der Waals surface area contributed by atoms with Crippen molar-refractivity contribution >= 4 is 11.6 Å². The van der Waals surface area contributed by atoms with Crippen molar-refractivity contribution in [3.8, 4) is 0 Å². The molecule has 0 bridgehead atoms. The van der Waals surface area contributed by atoms with Gasteiger partial charge < -0.3 is 10.8 Å². The van der Waals surface area contributed by atoms with Crippen LogP contribution in [-0.2, 0) is 4.79 Å². The van der Waals surface area contributed by atoms with Gasteiger partial charge in [-0.3, -0.25) is 4.79 Å². The topological polar surface area (TPSA) is 65.5 Å². The first-order valence-corrected chi connectivity index (χ1v) is 6.26. The van der Waals surface area contributed by atoms with Gasteiger partial charge in [-0.2, -0.15) is 4.79 Å². The Morgan fingerprint density at radius 1 is 1.28 bits per heavy atom. The Labute approximate surface area is 108 Å². The summed E-state index contributed by atoms with van der Waals surface area (Å²) in [7, 11) is 0. The van der Waals surface area contributed by atoms with Crippen LogP contribution < -0.4 is 5.32 Å². The van der Waals surface area contributed by atoms with E-state index in [1.54, 1.807) is 12.1 Å². The smallest absolute Gasteiger partial charge is 0.361 e. The van der Waals surface area contributed by atoms with Crippen molar-refractivity contribution in [2.45, 2.75) is 33.1 Å². The molecule has 1 rings (SSSR count). The molecule has 0 aliphatic heterocycles. The van der Waals surface area contributed by atoms with Crippen molar-refractivity contribution < 1.29 is 9.58 Å². The van der Waals surface area contributed by atoms with Crippen molar-refractivity contribution in [1.29, 1.82) is 0 Å². The number of carbonyl (C=O) groups is 1. The van der Waals surface area contributed by atoms with E-state index >= 15 is 0 Å². The SMILES string of the molecule is CCCCCNC(=O)C(=[N+]=[N-])c1ccc(C)cc1. The number of amides is 1. The molecule has 0 aliphatic carbocycles. The van der Waals surface area contributed by atoms with E-state index in [1.165, 1.54) is 0 Å². The Kier molecular flexibility index (Phi) is 5.81. The van der Waals surface area contributed by atoms with Gasteiger partial charge in [-0.05, 0) is 25.5 Å². The van der Waals surface area contributed by atoms with E-state index in [1.807, 2.05) is 19.1 Å². The number of aryl methyl sites for hydroxylation is 1. The molecule has 0 spiro atoms. The van der Waals surface area contributed by atoms with Gasteiger partial charge in [-0.15, -0.1) is 0 Å². The summed E-state index contributed by atoms with van der Waals surface area (Å²) in [6, 6.07) is 7.31. The minimum atomic E-state index is -0.336. The number of nitrogens with one attached hydrogen (secondary N) is 1. The minimum Gasteiger partial charge on any atom is -0.361 e. The van der Waals surface area contributed by atoms with Gasteiger partial charge in [0.2, 0.25) is 0 Å². The lowest BCUT2D eigenvalue weighted by Crippen LogP contribution is -2.33. The summed E-state index contributed by atoms with van der Waals surface area (Å²) < 4.78 is 0. The van der Waals surface area contributed by atoms with E-state index < -0.39 is 0 Å².